The molecule has 0 fully saturated rings. The van der Waals surface area contributed by atoms with Crippen molar-refractivity contribution in [2.75, 3.05) is 0 Å². The van der Waals surface area contributed by atoms with Gasteiger partial charge in [-0.25, -0.2) is 9.97 Å². The summed E-state index contributed by atoms with van der Waals surface area (Å²) in [5.74, 6) is 0.354. The van der Waals surface area contributed by atoms with Crippen LogP contribution in [0.3, 0.4) is 0 Å². The summed E-state index contributed by atoms with van der Waals surface area (Å²) < 4.78 is 0. The molecule has 0 aliphatic heterocycles. The van der Waals surface area contributed by atoms with E-state index in [0.717, 1.165) is 11.5 Å². The summed E-state index contributed by atoms with van der Waals surface area (Å²) in [7, 11) is 0. The average molecular weight is 194 g/mol. The zero-order chi connectivity index (χ0) is 10.6. The van der Waals surface area contributed by atoms with Gasteiger partial charge in [0.1, 0.15) is 5.82 Å². The van der Waals surface area contributed by atoms with E-state index in [1.807, 2.05) is 6.92 Å². The van der Waals surface area contributed by atoms with Crippen molar-refractivity contribution in [3.8, 4) is 0 Å². The third-order valence-corrected chi connectivity index (χ3v) is 1.85. The number of nitrogens with two attached hydrogens (primary N) is 1. The Hall–Kier alpha value is -1.49. The number of carbonyl (C=O) groups excluding carboxylic acids is 1. The first-order valence-corrected chi connectivity index (χ1v) is 4.41. The highest BCUT2D eigenvalue weighted by atomic mass is 16.1. The quantitative estimate of drug-likeness (QED) is 0.692. The van der Waals surface area contributed by atoms with E-state index in [-0.39, 0.29) is 11.9 Å². The molecule has 0 aliphatic carbocycles. The van der Waals surface area contributed by atoms with E-state index in [0.29, 0.717) is 6.54 Å². The first-order valence-electron chi connectivity index (χ1n) is 4.41. The Morgan fingerprint density at radius 1 is 1.71 bits per heavy atom. The minimum absolute atomic E-state index is 0.342. The van der Waals surface area contributed by atoms with Crippen LogP contribution < -0.4 is 11.1 Å². The first-order chi connectivity index (χ1) is 6.59. The number of primary amides is 1. The molecule has 1 aromatic rings. The average Bonchev–Trinajstić information content (AvgIpc) is 2.14. The third-order valence-electron chi connectivity index (χ3n) is 1.85. The van der Waals surface area contributed by atoms with Gasteiger partial charge in [0.05, 0.1) is 11.7 Å². The number of hydrogen-bond donors (Lipinski definition) is 2. The number of nitrogens with zero attached hydrogens (tertiary/aromatic N) is 2. The van der Waals surface area contributed by atoms with Crippen LogP contribution in [0.4, 0.5) is 0 Å². The summed E-state index contributed by atoms with van der Waals surface area (Å²) >= 11 is 0. The highest BCUT2D eigenvalue weighted by Crippen LogP contribution is 1.94. The van der Waals surface area contributed by atoms with Gasteiger partial charge in [-0.05, 0) is 19.9 Å². The van der Waals surface area contributed by atoms with E-state index >= 15 is 0 Å². The number of nitrogens with one attached hydrogen (secondary N) is 1. The molecule has 14 heavy (non-hydrogen) atoms. The van der Waals surface area contributed by atoms with Gasteiger partial charge in [0.25, 0.3) is 0 Å². The Morgan fingerprint density at radius 3 is 3.00 bits per heavy atom. The second-order valence-corrected chi connectivity index (χ2v) is 3.10. The molecule has 1 atom stereocenters. The summed E-state index contributed by atoms with van der Waals surface area (Å²) in [6, 6.07) is 1.46. The maximum Gasteiger partial charge on any atom is 0.234 e. The number of amides is 1. The molecule has 0 bridgehead atoms. The lowest BCUT2D eigenvalue weighted by Crippen LogP contribution is -2.38. The maximum atomic E-state index is 10.7. The lowest BCUT2D eigenvalue weighted by atomic mass is 10.3. The summed E-state index contributed by atoms with van der Waals surface area (Å²) in [4.78, 5) is 18.9. The van der Waals surface area contributed by atoms with Crippen LogP contribution in [0.1, 0.15) is 18.4 Å². The van der Waals surface area contributed by atoms with E-state index < -0.39 is 0 Å². The molecule has 0 aliphatic rings. The van der Waals surface area contributed by atoms with Crippen LogP contribution in [0.2, 0.25) is 0 Å². The molecule has 1 unspecified atom stereocenters. The molecular weight excluding hydrogens is 180 g/mol. The zero-order valence-electron chi connectivity index (χ0n) is 8.32. The molecule has 5 nitrogen and oxygen atoms in total. The first kappa shape index (κ1) is 10.6. The van der Waals surface area contributed by atoms with Crippen molar-refractivity contribution in [3.05, 3.63) is 23.8 Å². The lowest BCUT2D eigenvalue weighted by Gasteiger charge is -2.09. The Bertz CT molecular complexity index is 326. The lowest BCUT2D eigenvalue weighted by molar-refractivity contribution is -0.119. The molecule has 76 valence electrons. The van der Waals surface area contributed by atoms with Gasteiger partial charge in [-0.15, -0.1) is 0 Å². The van der Waals surface area contributed by atoms with Crippen LogP contribution in [0.25, 0.3) is 0 Å². The Kier molecular flexibility index (Phi) is 3.53. The van der Waals surface area contributed by atoms with Crippen molar-refractivity contribution in [3.63, 3.8) is 0 Å². The molecule has 1 rings (SSSR count). The Labute approximate surface area is 82.7 Å². The Morgan fingerprint density at radius 2 is 2.43 bits per heavy atom. The van der Waals surface area contributed by atoms with Gasteiger partial charge in [0, 0.05) is 12.7 Å². The zero-order valence-corrected chi connectivity index (χ0v) is 8.32. The molecule has 1 amide bonds. The fraction of sp³-hybridized carbons (Fsp3) is 0.444. The molecule has 1 aromatic heterocycles. The number of aryl methyl sites for hydroxylation is 1. The topological polar surface area (TPSA) is 80.9 Å². The summed E-state index contributed by atoms with van der Waals surface area (Å²) in [5, 5.41) is 2.96. The molecule has 0 spiro atoms. The van der Waals surface area contributed by atoms with Gasteiger partial charge >= 0.3 is 0 Å². The van der Waals surface area contributed by atoms with Gasteiger partial charge in [-0.1, -0.05) is 0 Å². The van der Waals surface area contributed by atoms with E-state index in [1.54, 1.807) is 19.2 Å². The van der Waals surface area contributed by atoms with E-state index in [9.17, 15) is 4.79 Å². The Balaban J connectivity index is 2.49. The summed E-state index contributed by atoms with van der Waals surface area (Å²) in [5.41, 5.74) is 5.95. The standard InChI is InChI=1S/C9H14N4O/c1-6(9(10)14)12-5-8-3-4-11-7(2)13-8/h3-4,6,12H,5H2,1-2H3,(H2,10,14). The van der Waals surface area contributed by atoms with Crippen molar-refractivity contribution < 1.29 is 4.79 Å². The van der Waals surface area contributed by atoms with Gasteiger partial charge in [0.2, 0.25) is 5.91 Å². The summed E-state index contributed by atoms with van der Waals surface area (Å²) in [6.07, 6.45) is 1.69. The van der Waals surface area contributed by atoms with Crippen LogP contribution in [0.15, 0.2) is 12.3 Å². The van der Waals surface area contributed by atoms with E-state index in [4.69, 9.17) is 5.73 Å². The second-order valence-electron chi connectivity index (χ2n) is 3.10. The predicted molar refractivity (Wildman–Crippen MR) is 52.3 cm³/mol. The minimum atomic E-state index is -0.365. The number of hydrogen-bond acceptors (Lipinski definition) is 4. The summed E-state index contributed by atoms with van der Waals surface area (Å²) in [6.45, 7) is 4.06. The largest absolute Gasteiger partial charge is 0.368 e. The van der Waals surface area contributed by atoms with Crippen molar-refractivity contribution >= 4 is 5.91 Å². The molecule has 0 saturated heterocycles. The number of carbonyl (C=O) groups is 1. The highest BCUT2D eigenvalue weighted by molar-refractivity contribution is 5.79. The van der Waals surface area contributed by atoms with Gasteiger partial charge in [0.15, 0.2) is 0 Å². The van der Waals surface area contributed by atoms with Crippen molar-refractivity contribution in [1.29, 1.82) is 0 Å². The van der Waals surface area contributed by atoms with Crippen LogP contribution in [0.5, 0.6) is 0 Å². The molecule has 5 heteroatoms. The van der Waals surface area contributed by atoms with Crippen LogP contribution in [0, 0.1) is 6.92 Å². The SMILES string of the molecule is Cc1nccc(CNC(C)C(N)=O)n1. The van der Waals surface area contributed by atoms with Crippen LogP contribution >= 0.6 is 0 Å². The van der Waals surface area contributed by atoms with Crippen LogP contribution in [-0.4, -0.2) is 21.9 Å². The maximum absolute atomic E-state index is 10.7. The monoisotopic (exact) mass is 194 g/mol. The number of rotatable bonds is 4. The third kappa shape index (κ3) is 3.10. The normalized spacial score (nSPS) is 12.4. The van der Waals surface area contributed by atoms with Gasteiger partial charge < -0.3 is 11.1 Å². The number of aromatic nitrogens is 2. The van der Waals surface area contributed by atoms with Crippen molar-refractivity contribution in [1.82, 2.24) is 15.3 Å². The van der Waals surface area contributed by atoms with Crippen molar-refractivity contribution in [2.45, 2.75) is 26.4 Å². The molecule has 0 aromatic carbocycles. The molecule has 3 N–H and O–H groups in total. The van der Waals surface area contributed by atoms with Crippen LogP contribution in [-0.2, 0) is 11.3 Å². The molecule has 0 radical (unpaired) electrons. The molecule has 1 heterocycles. The minimum Gasteiger partial charge on any atom is -0.368 e. The van der Waals surface area contributed by atoms with E-state index in [2.05, 4.69) is 15.3 Å². The van der Waals surface area contributed by atoms with Crippen molar-refractivity contribution in [2.24, 2.45) is 5.73 Å². The fourth-order valence-electron chi connectivity index (χ4n) is 0.962. The fourth-order valence-corrected chi connectivity index (χ4v) is 0.962. The second kappa shape index (κ2) is 4.66. The van der Waals surface area contributed by atoms with E-state index in [1.165, 1.54) is 0 Å². The smallest absolute Gasteiger partial charge is 0.234 e. The van der Waals surface area contributed by atoms with Gasteiger partial charge in [-0.3, -0.25) is 4.79 Å². The predicted octanol–water partition coefficient (Wildman–Crippen LogP) is -0.252. The molecular formula is C9H14N4O. The highest BCUT2D eigenvalue weighted by Gasteiger charge is 2.07. The molecule has 0 saturated carbocycles. The van der Waals surface area contributed by atoms with Gasteiger partial charge in [-0.2, -0.15) is 0 Å².